The van der Waals surface area contributed by atoms with Crippen molar-refractivity contribution in [3.8, 4) is 39.6 Å². The molecule has 3 heterocycles. The normalized spacial score (nSPS) is 14.2. The number of rotatable bonds is 6. The van der Waals surface area contributed by atoms with Crippen LogP contribution in [0.4, 0.5) is 0 Å². The number of hydrogen-bond acceptors (Lipinski definition) is 4. The maximum atomic E-state index is 6.91. The van der Waals surface area contributed by atoms with Crippen molar-refractivity contribution in [1.82, 2.24) is 19.5 Å². The van der Waals surface area contributed by atoms with Gasteiger partial charge in [-0.2, -0.15) is 0 Å². The van der Waals surface area contributed by atoms with E-state index in [1.807, 2.05) is 42.6 Å². The molecule has 0 aliphatic heterocycles. The summed E-state index contributed by atoms with van der Waals surface area (Å²) in [4.78, 5) is 14.3. The van der Waals surface area contributed by atoms with E-state index in [0.717, 1.165) is 61.4 Å². The number of imidazole rings is 1. The second-order valence-electron chi connectivity index (χ2n) is 22.9. The first-order valence-electron chi connectivity index (χ1n) is 25.8. The summed E-state index contributed by atoms with van der Waals surface area (Å²) in [5.41, 5.74) is 16.3. The standard InChI is InChI=1S/C53H49N2O.C14H15N2.Ir/c1-31(2)40-27-36(34-22-23-44-45(29-34)53(7,8)25-24-52(44,5)6)28-41(32(3)4)49(40)55-47-19-12-11-18-46(47)54-51(55)39-17-13-16-38-43-26-35-21-20-33-14-9-10-15-37(33)42(35)30-48(43)56-50(38)39;1-14(2,3)12-9-10-15-13(16-12)11-7-5-4-6-8-11;/h9-16,18-23,26-32H,24-25H2,1-8H3;4-7,9-10H,1-3H3;/q2*-1;. The molecule has 5 nitrogen and oxygen atoms in total. The number of nitrogens with zero attached hydrogens (tertiary/aromatic N) is 4. The van der Waals surface area contributed by atoms with Gasteiger partial charge in [-0.1, -0.05) is 154 Å². The van der Waals surface area contributed by atoms with Crippen molar-refractivity contribution in [1.29, 1.82) is 0 Å². The smallest absolute Gasteiger partial charge is 0.121 e. The van der Waals surface area contributed by atoms with Crippen LogP contribution >= 0.6 is 0 Å². The summed E-state index contributed by atoms with van der Waals surface area (Å²) >= 11 is 0. The van der Waals surface area contributed by atoms with Crippen LogP contribution < -0.4 is 0 Å². The zero-order valence-electron chi connectivity index (χ0n) is 44.0. The van der Waals surface area contributed by atoms with Crippen LogP contribution in [0.1, 0.15) is 129 Å². The number of aromatic nitrogens is 4. The predicted molar refractivity (Wildman–Crippen MR) is 302 cm³/mol. The SMILES string of the molecule is CC(C)(C)c1ccnc(-c2[c-]cccc2)n1.CC(C)c1cc(-c2ccc3c(c2)C(C)(C)CCC3(C)C)cc(C(C)C)c1-n1c(-c2[c-]ccc3c2oc2cc4c(ccc5ccccc54)cc23)nc2ccccc21.[Ir]. The van der Waals surface area contributed by atoms with Crippen molar-refractivity contribution in [2.75, 3.05) is 0 Å². The van der Waals surface area contributed by atoms with E-state index >= 15 is 0 Å². The molecule has 0 fully saturated rings. The molecule has 369 valence electrons. The fourth-order valence-corrected chi connectivity index (χ4v) is 11.0. The third kappa shape index (κ3) is 9.02. The Morgan fingerprint density at radius 1 is 0.603 bits per heavy atom. The van der Waals surface area contributed by atoms with E-state index in [-0.39, 0.29) is 48.2 Å². The van der Waals surface area contributed by atoms with Crippen LogP contribution in [0.25, 0.3) is 94.1 Å². The van der Waals surface area contributed by atoms with Crippen molar-refractivity contribution in [2.24, 2.45) is 0 Å². The quantitative estimate of drug-likeness (QED) is 0.123. The number of para-hydroxylation sites is 2. The maximum Gasteiger partial charge on any atom is 0.121 e. The number of furan rings is 1. The van der Waals surface area contributed by atoms with E-state index < -0.39 is 0 Å². The maximum absolute atomic E-state index is 6.91. The van der Waals surface area contributed by atoms with Gasteiger partial charge in [0.2, 0.25) is 0 Å². The molecule has 73 heavy (non-hydrogen) atoms. The molecule has 0 unspecified atom stereocenters. The molecule has 1 radical (unpaired) electrons. The average Bonchev–Trinajstić information content (AvgIpc) is 3.95. The van der Waals surface area contributed by atoms with Crippen LogP contribution in [-0.2, 0) is 36.4 Å². The Morgan fingerprint density at radius 3 is 2.03 bits per heavy atom. The second-order valence-corrected chi connectivity index (χ2v) is 22.9. The van der Waals surface area contributed by atoms with Crippen molar-refractivity contribution in [3.63, 3.8) is 0 Å². The van der Waals surface area contributed by atoms with Crippen molar-refractivity contribution >= 4 is 54.5 Å². The molecule has 1 aliphatic carbocycles. The minimum atomic E-state index is 0. The summed E-state index contributed by atoms with van der Waals surface area (Å²) in [5, 5.41) is 7.04. The van der Waals surface area contributed by atoms with E-state index in [1.54, 1.807) is 0 Å². The Bertz CT molecular complexity index is 3840. The Morgan fingerprint density at radius 2 is 1.30 bits per heavy atom. The monoisotopic (exact) mass is 1130 g/mol. The first-order chi connectivity index (χ1) is 34.5. The molecule has 0 N–H and O–H groups in total. The van der Waals surface area contributed by atoms with Gasteiger partial charge in [-0.05, 0) is 133 Å². The minimum absolute atomic E-state index is 0. The summed E-state index contributed by atoms with van der Waals surface area (Å²) in [6.07, 6.45) is 4.22. The molecular formula is C67H64IrN4O-2. The minimum Gasteiger partial charge on any atom is -0.501 e. The van der Waals surface area contributed by atoms with Crippen LogP contribution in [0.2, 0.25) is 0 Å². The van der Waals surface area contributed by atoms with Gasteiger partial charge >= 0.3 is 0 Å². The number of benzene rings is 8. The zero-order chi connectivity index (χ0) is 50.3. The summed E-state index contributed by atoms with van der Waals surface area (Å²) in [6.45, 7) is 25.4. The van der Waals surface area contributed by atoms with Crippen LogP contribution in [-0.4, -0.2) is 19.5 Å². The van der Waals surface area contributed by atoms with Crippen LogP contribution in [0.5, 0.6) is 0 Å². The van der Waals surface area contributed by atoms with Gasteiger partial charge in [0, 0.05) is 48.5 Å². The Labute approximate surface area is 444 Å². The second kappa shape index (κ2) is 19.0. The van der Waals surface area contributed by atoms with Crippen molar-refractivity contribution in [2.45, 2.75) is 117 Å². The molecule has 3 aromatic heterocycles. The largest absolute Gasteiger partial charge is 0.501 e. The first kappa shape index (κ1) is 49.8. The van der Waals surface area contributed by atoms with Crippen LogP contribution in [0.15, 0.2) is 156 Å². The average molecular weight is 1130 g/mol. The molecular weight excluding hydrogens is 1070 g/mol. The first-order valence-corrected chi connectivity index (χ1v) is 25.8. The van der Waals surface area contributed by atoms with Crippen molar-refractivity contribution in [3.05, 3.63) is 192 Å². The molecule has 0 saturated heterocycles. The zero-order valence-corrected chi connectivity index (χ0v) is 46.4. The van der Waals surface area contributed by atoms with Gasteiger partial charge < -0.3 is 8.98 Å². The Hall–Kier alpha value is -6.72. The van der Waals surface area contributed by atoms with E-state index in [1.165, 1.54) is 73.5 Å². The summed E-state index contributed by atoms with van der Waals surface area (Å²) in [6, 6.07) is 58.9. The van der Waals surface area contributed by atoms with Gasteiger partial charge in [-0.3, -0.25) is 15.0 Å². The molecule has 12 rings (SSSR count). The van der Waals surface area contributed by atoms with Gasteiger partial charge in [-0.25, -0.2) is 0 Å². The van der Waals surface area contributed by atoms with E-state index in [0.29, 0.717) is 0 Å². The Balaban J connectivity index is 0.000000307. The molecule has 0 spiro atoms. The van der Waals surface area contributed by atoms with E-state index in [4.69, 9.17) is 9.40 Å². The molecule has 0 amide bonds. The number of hydrogen-bond donors (Lipinski definition) is 0. The van der Waals surface area contributed by atoms with Crippen molar-refractivity contribution < 1.29 is 24.5 Å². The van der Waals surface area contributed by atoms with Gasteiger partial charge in [0.15, 0.2) is 0 Å². The topological polar surface area (TPSA) is 56.7 Å². The third-order valence-electron chi connectivity index (χ3n) is 15.3. The van der Waals surface area contributed by atoms with E-state index in [2.05, 4.69) is 212 Å². The Kier molecular flexibility index (Phi) is 12.9. The molecule has 1 aliphatic rings. The fourth-order valence-electron chi connectivity index (χ4n) is 11.0. The van der Waals surface area contributed by atoms with E-state index in [9.17, 15) is 0 Å². The molecule has 8 aromatic carbocycles. The molecule has 0 bridgehead atoms. The third-order valence-corrected chi connectivity index (χ3v) is 15.3. The molecule has 6 heteroatoms. The van der Waals surface area contributed by atoms with Crippen LogP contribution in [0, 0.1) is 12.1 Å². The van der Waals surface area contributed by atoms with Gasteiger partial charge in [0.1, 0.15) is 5.58 Å². The van der Waals surface area contributed by atoms with Gasteiger partial charge in [0.25, 0.3) is 0 Å². The fraction of sp³-hybridized carbons (Fsp3) is 0.269. The molecule has 0 atom stereocenters. The van der Waals surface area contributed by atoms with Gasteiger partial charge in [-0.15, -0.1) is 54.1 Å². The summed E-state index contributed by atoms with van der Waals surface area (Å²) in [5.74, 6) is 2.11. The molecule has 0 saturated carbocycles. The predicted octanol–water partition coefficient (Wildman–Crippen LogP) is 18.2. The summed E-state index contributed by atoms with van der Waals surface area (Å²) < 4.78 is 9.31. The van der Waals surface area contributed by atoms with Crippen LogP contribution in [0.3, 0.4) is 0 Å². The van der Waals surface area contributed by atoms with Gasteiger partial charge in [0.05, 0.1) is 28.3 Å². The summed E-state index contributed by atoms with van der Waals surface area (Å²) in [7, 11) is 0. The number of fused-ring (bicyclic) bond motifs is 8. The molecule has 11 aromatic rings.